The quantitative estimate of drug-likeness (QED) is 0.417. The molecule has 1 N–H and O–H groups in total. The van der Waals surface area contributed by atoms with Crippen molar-refractivity contribution < 1.29 is 29.0 Å². The zero-order valence-electron chi connectivity index (χ0n) is 23.7. The number of carbonyl (C=O) groups excluding carboxylic acids is 3. The molecule has 4 aliphatic heterocycles. The van der Waals surface area contributed by atoms with Gasteiger partial charge in [0.15, 0.2) is 0 Å². The van der Waals surface area contributed by atoms with Crippen LogP contribution in [0.4, 0.5) is 5.69 Å². The van der Waals surface area contributed by atoms with E-state index in [2.05, 4.69) is 0 Å². The molecule has 0 bridgehead atoms. The van der Waals surface area contributed by atoms with Gasteiger partial charge in [-0.15, -0.1) is 0 Å². The smallest absolute Gasteiger partial charge is 0.313 e. The lowest BCUT2D eigenvalue weighted by atomic mass is 9.74. The minimum absolute atomic E-state index is 0.198. The molecule has 1 unspecified atom stereocenters. The molecule has 0 aliphatic carbocycles. The Kier molecular flexibility index (Phi) is 7.50. The third kappa shape index (κ3) is 4.48. The number of hydrogen-bond donors (Lipinski definition) is 1. The Balaban J connectivity index is 1.52. The second kappa shape index (κ2) is 11.0. The van der Waals surface area contributed by atoms with E-state index in [-0.39, 0.29) is 25.7 Å². The van der Waals surface area contributed by atoms with Crippen molar-refractivity contribution in [2.24, 2.45) is 11.8 Å². The summed E-state index contributed by atoms with van der Waals surface area (Å²) in [6.07, 6.45) is 9.08. The van der Waals surface area contributed by atoms with Gasteiger partial charge in [-0.2, -0.15) is 0 Å². The normalized spacial score (nSPS) is 32.2. The number of rotatable bonds is 5. The largest absolute Gasteiger partial charge is 0.465 e. The van der Waals surface area contributed by atoms with Crippen LogP contribution in [0.15, 0.2) is 72.8 Å². The van der Waals surface area contributed by atoms with Crippen LogP contribution in [-0.4, -0.2) is 70.8 Å². The molecule has 6 atom stereocenters. The van der Waals surface area contributed by atoms with E-state index in [1.54, 1.807) is 24.0 Å². The summed E-state index contributed by atoms with van der Waals surface area (Å²) in [6.45, 7) is 3.72. The standard InChI is InChI=1S/C33H35ClN2O6/c1-21-11-9-14-24(34)27(21)35-17-10-16-33-25(26-31(40)41-18-8-4-7-15-32(26,2)42-33)29(38)36(28(33)30(35)39)23(20-37)19-22-12-5-3-6-13-22/h3,5-7,9-16,23,25-26,28,37H,4,8,17-20H2,1-2H3/b15-7-/t23-,25+,26+,28?,32-,33+/m1/s1. The molecule has 220 valence electrons. The molecule has 2 amide bonds. The van der Waals surface area contributed by atoms with Gasteiger partial charge in [-0.1, -0.05) is 78.4 Å². The number of carbonyl (C=O) groups is 3. The lowest BCUT2D eigenvalue weighted by Crippen LogP contribution is -2.59. The van der Waals surface area contributed by atoms with Gasteiger partial charge in [0.05, 0.1) is 41.5 Å². The summed E-state index contributed by atoms with van der Waals surface area (Å²) in [7, 11) is 0. The molecule has 6 rings (SSSR count). The Bertz CT molecular complexity index is 1440. The first-order valence-electron chi connectivity index (χ1n) is 14.5. The fourth-order valence-electron chi connectivity index (χ4n) is 7.27. The van der Waals surface area contributed by atoms with Crippen LogP contribution in [0.5, 0.6) is 0 Å². The predicted molar refractivity (Wildman–Crippen MR) is 158 cm³/mol. The highest BCUT2D eigenvalue weighted by atomic mass is 35.5. The summed E-state index contributed by atoms with van der Waals surface area (Å²) >= 11 is 6.65. The van der Waals surface area contributed by atoms with E-state index in [0.29, 0.717) is 30.0 Å². The molecular weight excluding hydrogens is 556 g/mol. The number of anilines is 1. The zero-order valence-corrected chi connectivity index (χ0v) is 24.5. The summed E-state index contributed by atoms with van der Waals surface area (Å²) in [5, 5.41) is 11.1. The number of aliphatic hydroxyl groups is 1. The average molecular weight is 591 g/mol. The molecule has 2 fully saturated rings. The fraction of sp³-hybridized carbons (Fsp3) is 0.424. The van der Waals surface area contributed by atoms with Crippen LogP contribution >= 0.6 is 11.6 Å². The first kappa shape index (κ1) is 28.6. The molecule has 2 saturated heterocycles. The number of fused-ring (bicyclic) bond motifs is 2. The van der Waals surface area contributed by atoms with Gasteiger partial charge in [-0.25, -0.2) is 0 Å². The summed E-state index contributed by atoms with van der Waals surface area (Å²) in [5.41, 5.74) is -0.387. The SMILES string of the molecule is Cc1cccc(Cl)c1N1CC=C[C@]23O[C@]4(C)/C=C\CCCOC(=O)[C@@H]4[C@H]2C(=O)N([C@@H](CO)Cc2ccccc2)C3C1=O. The zero-order chi connectivity index (χ0) is 29.6. The Labute approximate surface area is 250 Å². The third-order valence-electron chi connectivity index (χ3n) is 9.06. The van der Waals surface area contributed by atoms with Crippen LogP contribution in [-0.2, 0) is 30.3 Å². The van der Waals surface area contributed by atoms with E-state index in [1.807, 2.05) is 67.6 Å². The number of aliphatic hydroxyl groups excluding tert-OH is 1. The van der Waals surface area contributed by atoms with Gasteiger partial charge in [0.2, 0.25) is 5.91 Å². The maximum Gasteiger partial charge on any atom is 0.313 e. The number of cyclic esters (lactones) is 1. The molecule has 0 radical (unpaired) electrons. The number of halogens is 1. The Morgan fingerprint density at radius 1 is 1.02 bits per heavy atom. The Hall–Kier alpha value is -3.46. The van der Waals surface area contributed by atoms with E-state index < -0.39 is 47.0 Å². The van der Waals surface area contributed by atoms with Gasteiger partial charge in [-0.05, 0) is 50.3 Å². The van der Waals surface area contributed by atoms with Gasteiger partial charge < -0.3 is 24.4 Å². The molecule has 1 spiro atoms. The van der Waals surface area contributed by atoms with Crippen molar-refractivity contribution in [1.82, 2.24) is 4.90 Å². The van der Waals surface area contributed by atoms with E-state index in [1.165, 1.54) is 4.90 Å². The number of aryl methyl sites for hydroxylation is 1. The van der Waals surface area contributed by atoms with E-state index in [4.69, 9.17) is 21.1 Å². The second-order valence-electron chi connectivity index (χ2n) is 11.7. The van der Waals surface area contributed by atoms with Gasteiger partial charge in [0, 0.05) is 6.54 Å². The first-order chi connectivity index (χ1) is 20.2. The van der Waals surface area contributed by atoms with Crippen molar-refractivity contribution in [3.63, 3.8) is 0 Å². The minimum Gasteiger partial charge on any atom is -0.465 e. The molecule has 4 aliphatic rings. The Morgan fingerprint density at radius 3 is 2.55 bits per heavy atom. The molecule has 42 heavy (non-hydrogen) atoms. The van der Waals surface area contributed by atoms with E-state index in [9.17, 15) is 19.5 Å². The average Bonchev–Trinajstić information content (AvgIpc) is 3.32. The van der Waals surface area contributed by atoms with Crippen molar-refractivity contribution in [2.45, 2.75) is 56.4 Å². The maximum absolute atomic E-state index is 14.8. The van der Waals surface area contributed by atoms with Crippen LogP contribution in [0.1, 0.15) is 30.9 Å². The topological polar surface area (TPSA) is 96.4 Å². The highest BCUT2D eigenvalue weighted by molar-refractivity contribution is 6.34. The van der Waals surface area contributed by atoms with Crippen LogP contribution in [0, 0.1) is 18.8 Å². The highest BCUT2D eigenvalue weighted by Crippen LogP contribution is 2.58. The van der Waals surface area contributed by atoms with Gasteiger partial charge >= 0.3 is 5.97 Å². The minimum atomic E-state index is -1.47. The Morgan fingerprint density at radius 2 is 1.81 bits per heavy atom. The molecule has 0 aromatic heterocycles. The number of ether oxygens (including phenoxy) is 2. The monoisotopic (exact) mass is 590 g/mol. The predicted octanol–water partition coefficient (Wildman–Crippen LogP) is 4.02. The maximum atomic E-state index is 14.8. The molecule has 4 heterocycles. The molecular formula is C33H35ClN2O6. The first-order valence-corrected chi connectivity index (χ1v) is 14.9. The van der Waals surface area contributed by atoms with Crippen molar-refractivity contribution >= 4 is 35.1 Å². The number of benzene rings is 2. The summed E-state index contributed by atoms with van der Waals surface area (Å²) in [5.74, 6) is -3.32. The van der Waals surface area contributed by atoms with Crippen molar-refractivity contribution in [1.29, 1.82) is 0 Å². The number of likely N-dealkylation sites (tertiary alicyclic amines) is 1. The third-order valence-corrected chi connectivity index (χ3v) is 9.37. The van der Waals surface area contributed by atoms with Gasteiger partial charge in [0.1, 0.15) is 17.6 Å². The summed E-state index contributed by atoms with van der Waals surface area (Å²) in [6, 6.07) is 13.0. The lowest BCUT2D eigenvalue weighted by molar-refractivity contribution is -0.159. The fourth-order valence-corrected chi connectivity index (χ4v) is 7.59. The number of nitrogens with zero attached hydrogens (tertiary/aromatic N) is 2. The molecule has 2 aromatic rings. The number of esters is 1. The van der Waals surface area contributed by atoms with Crippen molar-refractivity contribution in [3.05, 3.63) is 89.0 Å². The summed E-state index contributed by atoms with van der Waals surface area (Å²) < 4.78 is 12.5. The number of hydrogen-bond acceptors (Lipinski definition) is 6. The van der Waals surface area contributed by atoms with Crippen molar-refractivity contribution in [2.75, 3.05) is 24.7 Å². The number of allylic oxidation sites excluding steroid dienone is 1. The number of para-hydroxylation sites is 1. The molecule has 8 nitrogen and oxygen atoms in total. The van der Waals surface area contributed by atoms with Gasteiger partial charge in [-0.3, -0.25) is 14.4 Å². The van der Waals surface area contributed by atoms with Gasteiger partial charge in [0.25, 0.3) is 5.91 Å². The van der Waals surface area contributed by atoms with E-state index in [0.717, 1.165) is 11.1 Å². The number of amides is 2. The molecule has 0 saturated carbocycles. The molecule has 9 heteroatoms. The van der Waals surface area contributed by atoms with E-state index >= 15 is 0 Å². The van der Waals surface area contributed by atoms with Crippen LogP contribution < -0.4 is 4.90 Å². The summed E-state index contributed by atoms with van der Waals surface area (Å²) in [4.78, 5) is 46.2. The highest BCUT2D eigenvalue weighted by Gasteiger charge is 2.75. The van der Waals surface area contributed by atoms with Crippen LogP contribution in [0.25, 0.3) is 0 Å². The van der Waals surface area contributed by atoms with Crippen LogP contribution in [0.3, 0.4) is 0 Å². The lowest BCUT2D eigenvalue weighted by Gasteiger charge is -2.40. The molecule has 2 aromatic carbocycles. The second-order valence-corrected chi connectivity index (χ2v) is 12.1. The van der Waals surface area contributed by atoms with Crippen LogP contribution in [0.2, 0.25) is 5.02 Å². The van der Waals surface area contributed by atoms with Crippen molar-refractivity contribution in [3.8, 4) is 0 Å².